The first-order valence-corrected chi connectivity index (χ1v) is 7.39. The lowest BCUT2D eigenvalue weighted by Crippen LogP contribution is -2.13. The number of hydrogen-bond acceptors (Lipinski definition) is 4. The Bertz CT molecular complexity index is 827. The zero-order chi connectivity index (χ0) is 15.5. The van der Waals surface area contributed by atoms with Crippen molar-refractivity contribution in [2.45, 2.75) is 0 Å². The zero-order valence-corrected chi connectivity index (χ0v) is 14.7. The third-order valence-electron chi connectivity index (χ3n) is 3.02. The Hall–Kier alpha value is -2.15. The summed E-state index contributed by atoms with van der Waals surface area (Å²) in [6, 6.07) is 13.4. The quantitative estimate of drug-likeness (QED) is 0.645. The lowest BCUT2D eigenvalue weighted by atomic mass is 10.2. The van der Waals surface area contributed by atoms with Crippen molar-refractivity contribution >= 4 is 53.4 Å². The highest BCUT2D eigenvalue weighted by Crippen LogP contribution is 2.25. The molecule has 0 radical (unpaired) electrons. The Balaban J connectivity index is 0.00000144. The summed E-state index contributed by atoms with van der Waals surface area (Å²) in [7, 11) is 0. The molecule has 2 aromatic carbocycles. The van der Waals surface area contributed by atoms with Crippen molar-refractivity contribution in [1.82, 2.24) is 4.98 Å². The summed E-state index contributed by atoms with van der Waals surface area (Å²) in [5.41, 5.74) is 7.46. The molecule has 0 spiro atoms. The van der Waals surface area contributed by atoms with Crippen LogP contribution in [-0.4, -0.2) is 10.9 Å². The minimum absolute atomic E-state index is 0. The molecule has 126 valence electrons. The Morgan fingerprint density at radius 2 is 1.83 bits per heavy atom. The Labute approximate surface area is 154 Å². The van der Waals surface area contributed by atoms with Gasteiger partial charge in [0.15, 0.2) is 0 Å². The van der Waals surface area contributed by atoms with E-state index in [1.807, 2.05) is 30.3 Å². The monoisotopic (exact) mass is 385 g/mol. The standard InChI is InChI=1S/C16H12FN3OS.2ClH/c17-11-6-7-12(18)13(8-11)19-15(21)14-9-22-16(20-14)10-4-2-1-3-5-10;;/h1-9H,18H2,(H,19,21);2*1H. The first kappa shape index (κ1) is 19.9. The highest BCUT2D eigenvalue weighted by atomic mass is 35.5. The van der Waals surface area contributed by atoms with Gasteiger partial charge in [-0.05, 0) is 18.2 Å². The van der Waals surface area contributed by atoms with Gasteiger partial charge in [-0.1, -0.05) is 30.3 Å². The molecule has 0 fully saturated rings. The number of benzene rings is 2. The number of carbonyl (C=O) groups is 1. The normalized spacial score (nSPS) is 9.54. The molecule has 1 heterocycles. The van der Waals surface area contributed by atoms with E-state index in [2.05, 4.69) is 10.3 Å². The van der Waals surface area contributed by atoms with Crippen LogP contribution in [-0.2, 0) is 0 Å². The largest absolute Gasteiger partial charge is 0.397 e. The molecule has 0 bridgehead atoms. The molecule has 3 aromatic rings. The molecule has 0 atom stereocenters. The number of anilines is 2. The Morgan fingerprint density at radius 1 is 1.12 bits per heavy atom. The van der Waals surface area contributed by atoms with Crippen molar-refractivity contribution in [2.24, 2.45) is 0 Å². The highest BCUT2D eigenvalue weighted by Gasteiger charge is 2.13. The van der Waals surface area contributed by atoms with E-state index in [0.717, 1.165) is 10.6 Å². The van der Waals surface area contributed by atoms with Crippen LogP contribution in [0.2, 0.25) is 0 Å². The maximum atomic E-state index is 13.2. The van der Waals surface area contributed by atoms with E-state index in [4.69, 9.17) is 5.73 Å². The van der Waals surface area contributed by atoms with Gasteiger partial charge in [0.2, 0.25) is 0 Å². The second kappa shape index (κ2) is 8.63. The molecule has 8 heteroatoms. The van der Waals surface area contributed by atoms with Crippen molar-refractivity contribution in [3.63, 3.8) is 0 Å². The fourth-order valence-electron chi connectivity index (χ4n) is 1.91. The molecule has 4 nitrogen and oxygen atoms in total. The summed E-state index contributed by atoms with van der Waals surface area (Å²) in [4.78, 5) is 16.5. The van der Waals surface area contributed by atoms with Crippen LogP contribution in [0.3, 0.4) is 0 Å². The van der Waals surface area contributed by atoms with Crippen LogP contribution in [0.5, 0.6) is 0 Å². The maximum Gasteiger partial charge on any atom is 0.275 e. The zero-order valence-electron chi connectivity index (χ0n) is 12.2. The molecule has 0 aliphatic rings. The molecule has 3 N–H and O–H groups in total. The van der Waals surface area contributed by atoms with E-state index in [1.165, 1.54) is 29.5 Å². The summed E-state index contributed by atoms with van der Waals surface area (Å²) in [5.74, 6) is -0.886. The van der Waals surface area contributed by atoms with E-state index in [-0.39, 0.29) is 36.2 Å². The van der Waals surface area contributed by atoms with Gasteiger partial charge in [0, 0.05) is 10.9 Å². The van der Waals surface area contributed by atoms with Crippen molar-refractivity contribution in [3.05, 3.63) is 65.4 Å². The highest BCUT2D eigenvalue weighted by molar-refractivity contribution is 7.13. The number of nitrogens with zero attached hydrogens (tertiary/aromatic N) is 1. The van der Waals surface area contributed by atoms with Crippen molar-refractivity contribution in [3.8, 4) is 10.6 Å². The van der Waals surface area contributed by atoms with Crippen molar-refractivity contribution in [1.29, 1.82) is 0 Å². The summed E-state index contributed by atoms with van der Waals surface area (Å²) < 4.78 is 13.2. The average Bonchev–Trinajstić information content (AvgIpc) is 3.02. The predicted molar refractivity (Wildman–Crippen MR) is 101 cm³/mol. The molecule has 0 saturated carbocycles. The molecular formula is C16H14Cl2FN3OS. The molecule has 1 amide bonds. The number of hydrogen-bond donors (Lipinski definition) is 2. The predicted octanol–water partition coefficient (Wildman–Crippen LogP) is 4.63. The van der Waals surface area contributed by atoms with Crippen LogP contribution in [0.15, 0.2) is 53.9 Å². The number of nitrogens with one attached hydrogen (secondary N) is 1. The van der Waals surface area contributed by atoms with Crippen LogP contribution in [0, 0.1) is 5.82 Å². The third kappa shape index (κ3) is 4.44. The lowest BCUT2D eigenvalue weighted by Gasteiger charge is -2.06. The van der Waals surface area contributed by atoms with Crippen LogP contribution in [0.25, 0.3) is 10.6 Å². The smallest absolute Gasteiger partial charge is 0.275 e. The van der Waals surface area contributed by atoms with Gasteiger partial charge in [-0.3, -0.25) is 4.79 Å². The average molecular weight is 386 g/mol. The summed E-state index contributed by atoms with van der Waals surface area (Å²) >= 11 is 1.37. The van der Waals surface area contributed by atoms with Crippen LogP contribution < -0.4 is 11.1 Å². The summed E-state index contributed by atoms with van der Waals surface area (Å²) in [6.45, 7) is 0. The SMILES string of the molecule is Cl.Cl.Nc1ccc(F)cc1NC(=O)c1csc(-c2ccccc2)n1. The van der Waals surface area contributed by atoms with Crippen LogP contribution in [0.1, 0.15) is 10.5 Å². The van der Waals surface area contributed by atoms with Gasteiger partial charge in [-0.25, -0.2) is 9.37 Å². The molecule has 0 saturated heterocycles. The van der Waals surface area contributed by atoms with E-state index < -0.39 is 11.7 Å². The minimum atomic E-state index is -0.465. The van der Waals surface area contributed by atoms with Crippen LogP contribution >= 0.6 is 36.2 Å². The summed E-state index contributed by atoms with van der Waals surface area (Å²) in [5, 5.41) is 4.98. The number of aromatic nitrogens is 1. The van der Waals surface area contributed by atoms with Gasteiger partial charge < -0.3 is 11.1 Å². The molecule has 0 aliphatic heterocycles. The van der Waals surface area contributed by atoms with Crippen molar-refractivity contribution in [2.75, 3.05) is 11.1 Å². The topological polar surface area (TPSA) is 68.0 Å². The Kier molecular flexibility index (Phi) is 7.16. The molecule has 24 heavy (non-hydrogen) atoms. The molecule has 0 unspecified atom stereocenters. The second-order valence-electron chi connectivity index (χ2n) is 4.59. The Morgan fingerprint density at radius 3 is 2.54 bits per heavy atom. The number of carbonyl (C=O) groups excluding carboxylic acids is 1. The van der Waals surface area contributed by atoms with Gasteiger partial charge in [0.1, 0.15) is 16.5 Å². The number of nitrogens with two attached hydrogens (primary N) is 1. The van der Waals surface area contributed by atoms with E-state index in [1.54, 1.807) is 5.38 Å². The number of rotatable bonds is 3. The fraction of sp³-hybridized carbons (Fsp3) is 0. The first-order valence-electron chi connectivity index (χ1n) is 6.51. The van der Waals surface area contributed by atoms with Gasteiger partial charge in [-0.15, -0.1) is 36.2 Å². The molecular weight excluding hydrogens is 372 g/mol. The molecule has 3 rings (SSSR count). The minimum Gasteiger partial charge on any atom is -0.397 e. The number of halogens is 3. The van der Waals surface area contributed by atoms with Crippen LogP contribution in [0.4, 0.5) is 15.8 Å². The first-order chi connectivity index (χ1) is 10.6. The maximum absolute atomic E-state index is 13.2. The van der Waals surface area contributed by atoms with Gasteiger partial charge in [-0.2, -0.15) is 0 Å². The van der Waals surface area contributed by atoms with Gasteiger partial charge in [0.05, 0.1) is 11.4 Å². The van der Waals surface area contributed by atoms with E-state index in [0.29, 0.717) is 5.69 Å². The molecule has 0 aliphatic carbocycles. The lowest BCUT2D eigenvalue weighted by molar-refractivity contribution is 0.102. The second-order valence-corrected chi connectivity index (χ2v) is 5.45. The van der Waals surface area contributed by atoms with Crippen molar-refractivity contribution < 1.29 is 9.18 Å². The molecule has 1 aromatic heterocycles. The van der Waals surface area contributed by atoms with E-state index >= 15 is 0 Å². The fourth-order valence-corrected chi connectivity index (χ4v) is 2.72. The van der Waals surface area contributed by atoms with E-state index in [9.17, 15) is 9.18 Å². The number of thiazole rings is 1. The number of nitrogen functional groups attached to an aromatic ring is 1. The van der Waals surface area contributed by atoms with Gasteiger partial charge in [0.25, 0.3) is 5.91 Å². The number of amides is 1. The third-order valence-corrected chi connectivity index (χ3v) is 3.91. The van der Waals surface area contributed by atoms with Gasteiger partial charge >= 0.3 is 0 Å². The summed E-state index contributed by atoms with van der Waals surface area (Å²) in [6.07, 6.45) is 0.